The number of ketones is 3. The fourth-order valence-corrected chi connectivity index (χ4v) is 11.5. The van der Waals surface area contributed by atoms with Crippen LogP contribution in [-0.4, -0.2) is 175 Å². The third kappa shape index (κ3) is 20.3. The minimum atomic E-state index is -2.49. The van der Waals surface area contributed by atoms with Crippen LogP contribution in [0.15, 0.2) is 60.0 Å². The van der Waals surface area contributed by atoms with Crippen molar-refractivity contribution in [3.8, 4) is 0 Å². The summed E-state index contributed by atoms with van der Waals surface area (Å²) < 4.78 is 41.0. The summed E-state index contributed by atoms with van der Waals surface area (Å²) in [6.45, 7) is 13.0. The number of aliphatic hydroxyl groups excluding tert-OH is 1. The van der Waals surface area contributed by atoms with E-state index in [9.17, 15) is 43.8 Å². The van der Waals surface area contributed by atoms with Gasteiger partial charge in [-0.15, -0.1) is 0 Å². The van der Waals surface area contributed by atoms with E-state index in [2.05, 4.69) is 20.6 Å². The zero-order chi connectivity index (χ0) is 61.7. The number of alkyl carbamates (subject to hydrolysis) is 1. The fraction of sp³-hybridized carbons (Fsp3) is 0.694. The molecule has 3 fully saturated rings. The number of hydrogen-bond acceptors (Lipinski definition) is 19. The van der Waals surface area contributed by atoms with Crippen LogP contribution in [0.5, 0.6) is 0 Å². The Hall–Kier alpha value is -5.59. The summed E-state index contributed by atoms with van der Waals surface area (Å²) >= 11 is 0. The van der Waals surface area contributed by atoms with Crippen LogP contribution >= 0.6 is 0 Å². The van der Waals surface area contributed by atoms with Crippen LogP contribution in [0.1, 0.15) is 136 Å². The number of ether oxygens (including phenoxy) is 7. The molecule has 2 bridgehead atoms. The molecule has 1 aliphatic carbocycles. The third-order valence-electron chi connectivity index (χ3n) is 16.8. The number of nitrogens with zero attached hydrogens (tertiary/aromatic N) is 3. The summed E-state index contributed by atoms with van der Waals surface area (Å²) in [6.07, 6.45) is 11.6. The standard InChI is InChI=1S/C62H94N6O16/c1-37-16-12-11-13-17-38(2)51(78-8)32-46-21-19-42(6)62(77,84-46)58(73)59(74)68-25-15-14-18-48(68)60(75)82-52(33-49(69)39(3)29-41(5)56(72)57(80-10)55(71)40(4)28-37)47(63)30-44-20-22-50(53(31-44)79-9)83-61(76)64-24-27-81-26-23-54(70)67-36-45-34-65-43(7)66-35-45/h11-13,16-17,29,34-35,37,39-40,42,44,46-48,50-53,56-57,72,77H,14-15,18-28,30-33,36,63H2,1-10H3,(H,64,76)(H,67,70)/b13-11?,16-12+,38-17?,41-29+/t37-,39-,40?,42-,44+,46+,47-,48+,50-,51+,52+,53-,56-,57+,62-/m1/s1. The molecule has 1 aromatic rings. The van der Waals surface area contributed by atoms with Crippen molar-refractivity contribution in [1.29, 1.82) is 0 Å². The second-order valence-electron chi connectivity index (χ2n) is 23.4. The van der Waals surface area contributed by atoms with Gasteiger partial charge in [0, 0.05) is 102 Å². The van der Waals surface area contributed by atoms with Crippen molar-refractivity contribution in [2.45, 2.75) is 199 Å². The van der Waals surface area contributed by atoms with Gasteiger partial charge in [-0.2, -0.15) is 0 Å². The topological polar surface area (TPSA) is 304 Å². The lowest BCUT2D eigenvalue weighted by Gasteiger charge is -2.42. The monoisotopic (exact) mass is 1180 g/mol. The molecule has 84 heavy (non-hydrogen) atoms. The van der Waals surface area contributed by atoms with Gasteiger partial charge in [-0.25, -0.2) is 19.6 Å². The molecule has 0 spiro atoms. The summed E-state index contributed by atoms with van der Waals surface area (Å²) in [6, 6.07) is -2.20. The molecule has 22 heteroatoms. The number of fused-ring (bicyclic) bond motifs is 3. The average molecular weight is 1180 g/mol. The summed E-state index contributed by atoms with van der Waals surface area (Å²) in [7, 11) is 4.42. The smallest absolute Gasteiger partial charge is 0.407 e. The molecule has 1 saturated carbocycles. The lowest BCUT2D eigenvalue weighted by atomic mass is 9.80. The molecule has 0 radical (unpaired) electrons. The van der Waals surface area contributed by atoms with Gasteiger partial charge in [-0.1, -0.05) is 64.2 Å². The molecule has 4 heterocycles. The van der Waals surface area contributed by atoms with Gasteiger partial charge in [-0.3, -0.25) is 24.0 Å². The number of aromatic nitrogens is 2. The number of Topliss-reactive ketones (excluding diaryl/α,β-unsaturated/α-hetero) is 3. The second kappa shape index (κ2) is 33.9. The van der Waals surface area contributed by atoms with Gasteiger partial charge < -0.3 is 64.6 Å². The van der Waals surface area contributed by atoms with Crippen LogP contribution in [0.2, 0.25) is 0 Å². The van der Waals surface area contributed by atoms with E-state index in [-0.39, 0.29) is 81.9 Å². The Morgan fingerprint density at radius 3 is 2.30 bits per heavy atom. The van der Waals surface area contributed by atoms with E-state index in [1.54, 1.807) is 60.2 Å². The first-order valence-corrected chi connectivity index (χ1v) is 29.8. The van der Waals surface area contributed by atoms with Gasteiger partial charge in [0.2, 0.25) is 11.7 Å². The molecule has 1 aromatic heterocycles. The summed E-state index contributed by atoms with van der Waals surface area (Å²) in [5, 5.41) is 29.1. The van der Waals surface area contributed by atoms with Gasteiger partial charge in [0.15, 0.2) is 5.78 Å². The maximum Gasteiger partial charge on any atom is 0.407 e. The normalized spacial score (nSPS) is 32.7. The van der Waals surface area contributed by atoms with E-state index in [4.69, 9.17) is 38.9 Å². The number of aryl methyl sites for hydroxylation is 1. The number of cyclic esters (lactones) is 1. The largest absolute Gasteiger partial charge is 0.459 e. The number of aliphatic hydroxyl groups is 2. The van der Waals surface area contributed by atoms with Crippen LogP contribution < -0.4 is 16.4 Å². The van der Waals surface area contributed by atoms with Crippen molar-refractivity contribution in [2.24, 2.45) is 35.3 Å². The number of carbonyl (C=O) groups is 7. The number of allylic oxidation sites excluding steroid dienone is 6. The maximum absolute atomic E-state index is 14.6. The molecular formula is C62H94N6O16. The Bertz CT molecular complexity index is 2490. The Balaban J connectivity index is 1.31. The van der Waals surface area contributed by atoms with E-state index in [0.717, 1.165) is 16.0 Å². The Morgan fingerprint density at radius 2 is 1.60 bits per heavy atom. The van der Waals surface area contributed by atoms with Crippen LogP contribution in [0.25, 0.3) is 0 Å². The second-order valence-corrected chi connectivity index (χ2v) is 23.4. The van der Waals surface area contributed by atoms with E-state index in [0.29, 0.717) is 69.3 Å². The number of carbonyl (C=O) groups excluding carboxylic acids is 7. The minimum Gasteiger partial charge on any atom is -0.459 e. The summed E-state index contributed by atoms with van der Waals surface area (Å²) in [5.74, 6) is -8.19. The Morgan fingerprint density at radius 1 is 0.857 bits per heavy atom. The van der Waals surface area contributed by atoms with Crippen molar-refractivity contribution in [3.63, 3.8) is 0 Å². The quantitative estimate of drug-likeness (QED) is 0.0633. The number of rotatable bonds is 15. The number of methoxy groups -OCH3 is 3. The lowest BCUT2D eigenvalue weighted by molar-refractivity contribution is -0.265. The molecule has 468 valence electrons. The van der Waals surface area contributed by atoms with Gasteiger partial charge in [0.1, 0.15) is 42.1 Å². The average Bonchev–Trinajstić information content (AvgIpc) is 2.31. The number of amides is 3. The first kappa shape index (κ1) is 69.2. The maximum atomic E-state index is 14.6. The lowest BCUT2D eigenvalue weighted by Crippen LogP contribution is -2.61. The number of esters is 1. The minimum absolute atomic E-state index is 0.0147. The molecule has 3 aliphatic heterocycles. The SMILES string of the molecule is CO[C@H]1C[C@@H]2CC[C@@H](C)[C@@](O)(O2)C(=O)C(=O)N2CCCC[C@H]2C(=O)O[C@H]([C@H](N)C[C@@H]2CC[C@@H](OC(=O)NCCOCCC(=O)NCc3cnc(C)nc3)[C@H](OC)C2)CC(=O)[C@H](C)/C=C(\C)[C@@H](O)[C@@H](OC)C(=O)C(C)C[C@H](C)/C=C/C=CC=C1C. The molecular weight excluding hydrogens is 1080 g/mol. The first-order chi connectivity index (χ1) is 40.0. The van der Waals surface area contributed by atoms with E-state index < -0.39 is 108 Å². The van der Waals surface area contributed by atoms with E-state index >= 15 is 0 Å². The predicted molar refractivity (Wildman–Crippen MR) is 310 cm³/mol. The number of piperidine rings is 1. The van der Waals surface area contributed by atoms with Crippen molar-refractivity contribution in [1.82, 2.24) is 25.5 Å². The third-order valence-corrected chi connectivity index (χ3v) is 16.8. The van der Waals surface area contributed by atoms with Crippen molar-refractivity contribution in [3.05, 3.63) is 71.4 Å². The molecule has 0 aromatic carbocycles. The van der Waals surface area contributed by atoms with Gasteiger partial charge >= 0.3 is 12.1 Å². The number of hydrogen-bond donors (Lipinski definition) is 5. The van der Waals surface area contributed by atoms with Crippen molar-refractivity contribution in [2.75, 3.05) is 47.6 Å². The Kier molecular flexibility index (Phi) is 27.9. The zero-order valence-electron chi connectivity index (χ0n) is 51.0. The highest BCUT2D eigenvalue weighted by Gasteiger charge is 2.53. The van der Waals surface area contributed by atoms with E-state index in [1.165, 1.54) is 14.2 Å². The van der Waals surface area contributed by atoms with Crippen LogP contribution in [0.3, 0.4) is 0 Å². The van der Waals surface area contributed by atoms with Crippen molar-refractivity contribution < 1.29 is 76.9 Å². The van der Waals surface area contributed by atoms with Gasteiger partial charge in [0.25, 0.3) is 11.7 Å². The summed E-state index contributed by atoms with van der Waals surface area (Å²) in [5.41, 5.74) is 8.94. The molecule has 4 aliphatic rings. The van der Waals surface area contributed by atoms with Crippen LogP contribution in [-0.2, 0) is 68.5 Å². The first-order valence-electron chi connectivity index (χ1n) is 29.8. The van der Waals surface area contributed by atoms with Gasteiger partial charge in [0.05, 0.1) is 31.5 Å². The predicted octanol–water partition coefficient (Wildman–Crippen LogP) is 5.43. The molecule has 3 amide bonds. The highest BCUT2D eigenvalue weighted by Crippen LogP contribution is 2.37. The van der Waals surface area contributed by atoms with Crippen LogP contribution in [0, 0.1) is 36.5 Å². The molecule has 6 N–H and O–H groups in total. The molecule has 2 saturated heterocycles. The fourth-order valence-electron chi connectivity index (χ4n) is 11.5. The molecule has 1 unspecified atom stereocenters. The van der Waals surface area contributed by atoms with Gasteiger partial charge in [-0.05, 0) is 108 Å². The molecule has 5 rings (SSSR count). The highest BCUT2D eigenvalue weighted by atomic mass is 16.6. The Labute approximate surface area is 495 Å². The number of nitrogens with two attached hydrogens (primary N) is 1. The van der Waals surface area contributed by atoms with E-state index in [1.807, 2.05) is 44.2 Å². The summed E-state index contributed by atoms with van der Waals surface area (Å²) in [4.78, 5) is 106. The van der Waals surface area contributed by atoms with Crippen LogP contribution in [0.4, 0.5) is 4.79 Å². The molecule has 22 nitrogen and oxygen atoms in total. The van der Waals surface area contributed by atoms with Crippen molar-refractivity contribution >= 4 is 41.2 Å². The highest BCUT2D eigenvalue weighted by molar-refractivity contribution is 6.39. The molecule has 15 atom stereocenters. The number of nitrogens with one attached hydrogen (secondary N) is 2. The zero-order valence-corrected chi connectivity index (χ0v) is 51.0.